The Morgan fingerprint density at radius 2 is 1.88 bits per heavy atom. The Bertz CT molecular complexity index is 711. The van der Waals surface area contributed by atoms with E-state index in [1.54, 1.807) is 24.3 Å². The maximum absolute atomic E-state index is 12.3. The van der Waals surface area contributed by atoms with E-state index in [1.807, 2.05) is 6.07 Å². The summed E-state index contributed by atoms with van der Waals surface area (Å²) in [5, 5.41) is 0. The largest absolute Gasteiger partial charge is 0.466 e. The Labute approximate surface area is 155 Å². The molecule has 1 aromatic rings. The van der Waals surface area contributed by atoms with E-state index in [-0.39, 0.29) is 5.41 Å². The van der Waals surface area contributed by atoms with Gasteiger partial charge < -0.3 is 9.47 Å². The zero-order chi connectivity index (χ0) is 19.2. The molecule has 0 saturated carbocycles. The van der Waals surface area contributed by atoms with Crippen LogP contribution in [-0.2, 0) is 14.3 Å². The number of esters is 2. The standard InChI is InChI=1S/C22H28O4/c1-16-9-8-14-22(2,3)19(16)13-12-18(15-20(23)25-4)26-21(24)17-10-6-5-7-11-17/h5-7,10-11,15H,8-9,12-14H2,1-4H3. The molecule has 4 nitrogen and oxygen atoms in total. The van der Waals surface area contributed by atoms with Crippen LogP contribution in [0.3, 0.4) is 0 Å². The van der Waals surface area contributed by atoms with Gasteiger partial charge in [-0.15, -0.1) is 0 Å². The number of carbonyl (C=O) groups is 2. The van der Waals surface area contributed by atoms with E-state index in [1.165, 1.54) is 30.8 Å². The van der Waals surface area contributed by atoms with Crippen molar-refractivity contribution in [2.75, 3.05) is 7.11 Å². The first-order valence-corrected chi connectivity index (χ1v) is 9.08. The maximum Gasteiger partial charge on any atom is 0.343 e. The van der Waals surface area contributed by atoms with E-state index in [4.69, 9.17) is 9.47 Å². The third-order valence-electron chi connectivity index (χ3n) is 5.02. The highest BCUT2D eigenvalue weighted by Crippen LogP contribution is 2.42. The lowest BCUT2D eigenvalue weighted by atomic mass is 9.71. The van der Waals surface area contributed by atoms with Crippen molar-refractivity contribution >= 4 is 11.9 Å². The molecule has 1 aliphatic carbocycles. The average Bonchev–Trinajstić information content (AvgIpc) is 2.61. The van der Waals surface area contributed by atoms with Gasteiger partial charge in [0.05, 0.1) is 18.7 Å². The van der Waals surface area contributed by atoms with Crippen molar-refractivity contribution in [2.24, 2.45) is 5.41 Å². The zero-order valence-electron chi connectivity index (χ0n) is 16.1. The highest BCUT2D eigenvalue weighted by atomic mass is 16.5. The molecule has 1 aromatic carbocycles. The van der Waals surface area contributed by atoms with Gasteiger partial charge in [0.2, 0.25) is 0 Å². The summed E-state index contributed by atoms with van der Waals surface area (Å²) in [6.45, 7) is 6.69. The molecule has 140 valence electrons. The number of methoxy groups -OCH3 is 1. The number of hydrogen-bond acceptors (Lipinski definition) is 4. The summed E-state index contributed by atoms with van der Waals surface area (Å²) in [6, 6.07) is 8.77. The lowest BCUT2D eigenvalue weighted by Crippen LogP contribution is -2.20. The van der Waals surface area contributed by atoms with E-state index in [0.29, 0.717) is 17.7 Å². The topological polar surface area (TPSA) is 52.6 Å². The van der Waals surface area contributed by atoms with Crippen molar-refractivity contribution in [3.63, 3.8) is 0 Å². The first kappa shape index (κ1) is 20.0. The highest BCUT2D eigenvalue weighted by Gasteiger charge is 2.28. The normalized spacial score (nSPS) is 17.0. The minimum Gasteiger partial charge on any atom is -0.466 e. The number of benzene rings is 1. The SMILES string of the molecule is COC(=O)C=C(CCC1=C(C)CCCC1(C)C)OC(=O)c1ccccc1. The molecule has 0 atom stereocenters. The lowest BCUT2D eigenvalue weighted by Gasteiger charge is -2.34. The van der Waals surface area contributed by atoms with Crippen LogP contribution in [0.4, 0.5) is 0 Å². The van der Waals surface area contributed by atoms with E-state index in [9.17, 15) is 9.59 Å². The van der Waals surface area contributed by atoms with Crippen molar-refractivity contribution in [3.05, 3.63) is 58.9 Å². The van der Waals surface area contributed by atoms with Crippen LogP contribution in [0.5, 0.6) is 0 Å². The van der Waals surface area contributed by atoms with Crippen LogP contribution in [-0.4, -0.2) is 19.0 Å². The Morgan fingerprint density at radius 3 is 2.50 bits per heavy atom. The smallest absolute Gasteiger partial charge is 0.343 e. The van der Waals surface area contributed by atoms with Crippen LogP contribution in [0.1, 0.15) is 63.2 Å². The van der Waals surface area contributed by atoms with E-state index in [0.717, 1.165) is 19.3 Å². The van der Waals surface area contributed by atoms with Gasteiger partial charge in [-0.1, -0.05) is 43.2 Å². The molecule has 0 aromatic heterocycles. The Balaban J connectivity index is 2.14. The van der Waals surface area contributed by atoms with Gasteiger partial charge >= 0.3 is 11.9 Å². The van der Waals surface area contributed by atoms with Gasteiger partial charge in [-0.2, -0.15) is 0 Å². The van der Waals surface area contributed by atoms with Crippen molar-refractivity contribution in [1.29, 1.82) is 0 Å². The van der Waals surface area contributed by atoms with Gasteiger partial charge in [-0.25, -0.2) is 9.59 Å². The predicted molar refractivity (Wildman–Crippen MR) is 102 cm³/mol. The molecule has 0 amide bonds. The molecule has 0 N–H and O–H groups in total. The van der Waals surface area contributed by atoms with Crippen LogP contribution in [0.15, 0.2) is 53.3 Å². The number of ether oxygens (including phenoxy) is 2. The number of rotatable bonds is 6. The van der Waals surface area contributed by atoms with Gasteiger partial charge in [0.15, 0.2) is 0 Å². The fourth-order valence-electron chi connectivity index (χ4n) is 3.57. The van der Waals surface area contributed by atoms with Gasteiger partial charge in [0.25, 0.3) is 0 Å². The van der Waals surface area contributed by atoms with Crippen LogP contribution < -0.4 is 0 Å². The lowest BCUT2D eigenvalue weighted by molar-refractivity contribution is -0.135. The van der Waals surface area contributed by atoms with E-state index < -0.39 is 11.9 Å². The second-order valence-electron chi connectivity index (χ2n) is 7.39. The first-order valence-electron chi connectivity index (χ1n) is 9.08. The van der Waals surface area contributed by atoms with Gasteiger partial charge in [-0.3, -0.25) is 0 Å². The molecule has 0 spiro atoms. The molecule has 0 bridgehead atoms. The summed E-state index contributed by atoms with van der Waals surface area (Å²) < 4.78 is 10.2. The molecule has 1 aliphatic rings. The summed E-state index contributed by atoms with van der Waals surface area (Å²) in [7, 11) is 1.31. The van der Waals surface area contributed by atoms with Crippen LogP contribution in [0.2, 0.25) is 0 Å². The average molecular weight is 356 g/mol. The summed E-state index contributed by atoms with van der Waals surface area (Å²) >= 11 is 0. The van der Waals surface area contributed by atoms with Crippen molar-refractivity contribution in [3.8, 4) is 0 Å². The molecule has 0 fully saturated rings. The van der Waals surface area contributed by atoms with Crippen LogP contribution in [0, 0.1) is 5.41 Å². The molecular formula is C22H28O4. The summed E-state index contributed by atoms with van der Waals surface area (Å²) in [6.07, 6.45) is 5.99. The number of carbonyl (C=O) groups excluding carboxylic acids is 2. The van der Waals surface area contributed by atoms with Crippen molar-refractivity contribution < 1.29 is 19.1 Å². The quantitative estimate of drug-likeness (QED) is 0.304. The first-order chi connectivity index (χ1) is 12.3. The molecule has 0 aliphatic heterocycles. The molecule has 0 radical (unpaired) electrons. The van der Waals surface area contributed by atoms with Crippen LogP contribution in [0.25, 0.3) is 0 Å². The minimum atomic E-state index is -0.519. The number of allylic oxidation sites excluding steroid dienone is 3. The molecule has 0 heterocycles. The van der Waals surface area contributed by atoms with Gasteiger partial charge in [-0.05, 0) is 50.2 Å². The van der Waals surface area contributed by atoms with Gasteiger partial charge in [0.1, 0.15) is 5.76 Å². The summed E-state index contributed by atoms with van der Waals surface area (Å²) in [4.78, 5) is 24.0. The monoisotopic (exact) mass is 356 g/mol. The molecule has 0 saturated heterocycles. The Hall–Kier alpha value is -2.36. The molecule has 26 heavy (non-hydrogen) atoms. The number of hydrogen-bond donors (Lipinski definition) is 0. The van der Waals surface area contributed by atoms with Crippen molar-refractivity contribution in [1.82, 2.24) is 0 Å². The highest BCUT2D eigenvalue weighted by molar-refractivity contribution is 5.90. The Kier molecular flexibility index (Phi) is 6.78. The van der Waals surface area contributed by atoms with Gasteiger partial charge in [0, 0.05) is 6.42 Å². The molecule has 4 heteroatoms. The van der Waals surface area contributed by atoms with E-state index >= 15 is 0 Å². The van der Waals surface area contributed by atoms with Crippen molar-refractivity contribution in [2.45, 2.75) is 52.9 Å². The van der Waals surface area contributed by atoms with Crippen LogP contribution >= 0.6 is 0 Å². The zero-order valence-corrected chi connectivity index (χ0v) is 16.1. The van der Waals surface area contributed by atoms with E-state index in [2.05, 4.69) is 20.8 Å². The second kappa shape index (κ2) is 8.84. The fraction of sp³-hybridized carbons (Fsp3) is 0.455. The fourth-order valence-corrected chi connectivity index (χ4v) is 3.57. The second-order valence-corrected chi connectivity index (χ2v) is 7.39. The summed E-state index contributed by atoms with van der Waals surface area (Å²) in [5.74, 6) is -0.642. The third-order valence-corrected chi connectivity index (χ3v) is 5.02. The minimum absolute atomic E-state index is 0.141. The molecular weight excluding hydrogens is 328 g/mol. The predicted octanol–water partition coefficient (Wildman–Crippen LogP) is 5.21. The molecule has 2 rings (SSSR count). The maximum atomic E-state index is 12.3. The summed E-state index contributed by atoms with van der Waals surface area (Å²) in [5.41, 5.74) is 3.40. The Morgan fingerprint density at radius 1 is 1.19 bits per heavy atom. The third kappa shape index (κ3) is 5.32. The molecule has 0 unspecified atom stereocenters.